The van der Waals surface area contributed by atoms with Crippen LogP contribution >= 0.6 is 0 Å². The predicted molar refractivity (Wildman–Crippen MR) is 105 cm³/mol. The summed E-state index contributed by atoms with van der Waals surface area (Å²) in [6.45, 7) is 7.72. The fourth-order valence-corrected chi connectivity index (χ4v) is 2.37. The zero-order chi connectivity index (χ0) is 18.7. The second kappa shape index (κ2) is 11.4. The Hall–Kier alpha value is -2.22. The van der Waals surface area contributed by atoms with Crippen molar-refractivity contribution in [1.82, 2.24) is 0 Å². The number of hydrogen-bond acceptors (Lipinski definition) is 0. The molecule has 0 unspecified atom stereocenters. The van der Waals surface area contributed by atoms with Crippen LogP contribution in [0.4, 0.5) is 8.78 Å². The Kier molecular flexibility index (Phi) is 9.46. The fourth-order valence-electron chi connectivity index (χ4n) is 2.37. The average Bonchev–Trinajstić information content (AvgIpc) is 2.68. The third-order valence-electron chi connectivity index (χ3n) is 3.81. The van der Waals surface area contributed by atoms with Gasteiger partial charge in [-0.2, -0.15) is 0 Å². The fraction of sp³-hybridized carbons (Fsp3) is 0.304. The highest BCUT2D eigenvalue weighted by atomic mass is 19.1. The molecule has 1 aliphatic carbocycles. The zero-order valence-electron chi connectivity index (χ0n) is 15.7. The van der Waals surface area contributed by atoms with Gasteiger partial charge in [-0.3, -0.25) is 0 Å². The van der Waals surface area contributed by atoms with E-state index in [9.17, 15) is 8.78 Å². The molecule has 3 rings (SSSR count). The molecule has 0 saturated carbocycles. The first-order chi connectivity index (χ1) is 12.1. The predicted octanol–water partition coefficient (Wildman–Crippen LogP) is 7.28. The maximum absolute atomic E-state index is 12.3. The summed E-state index contributed by atoms with van der Waals surface area (Å²) in [7, 11) is 0. The molecule has 0 aromatic heterocycles. The van der Waals surface area contributed by atoms with E-state index in [2.05, 4.69) is 49.4 Å². The molecule has 2 aromatic rings. The quantitative estimate of drug-likeness (QED) is 0.538. The van der Waals surface area contributed by atoms with Gasteiger partial charge in [0, 0.05) is 0 Å². The normalized spacial score (nSPS) is 12.3. The maximum Gasteiger partial charge on any atom is 0.126 e. The third-order valence-corrected chi connectivity index (χ3v) is 3.81. The Morgan fingerprint density at radius 3 is 2.08 bits per heavy atom. The Labute approximate surface area is 150 Å². The molecule has 1 aliphatic rings. The Morgan fingerprint density at radius 1 is 0.920 bits per heavy atom. The highest BCUT2D eigenvalue weighted by Gasteiger charge is 2.00. The van der Waals surface area contributed by atoms with Crippen LogP contribution in [0.3, 0.4) is 0 Å². The number of hydrogen-bond donors (Lipinski definition) is 0. The molecule has 0 nitrogen and oxygen atoms in total. The number of aryl methyl sites for hydroxylation is 2. The van der Waals surface area contributed by atoms with Gasteiger partial charge in [-0.05, 0) is 66.6 Å². The van der Waals surface area contributed by atoms with Crippen LogP contribution in [0, 0.1) is 18.6 Å². The summed E-state index contributed by atoms with van der Waals surface area (Å²) in [6.07, 6.45) is 10.3. The van der Waals surface area contributed by atoms with Crippen LogP contribution < -0.4 is 0 Å². The largest absolute Gasteiger partial charge is 0.207 e. The van der Waals surface area contributed by atoms with E-state index < -0.39 is 5.82 Å². The van der Waals surface area contributed by atoms with Crippen LogP contribution in [0.5, 0.6) is 0 Å². The van der Waals surface area contributed by atoms with Gasteiger partial charge in [0.15, 0.2) is 0 Å². The minimum Gasteiger partial charge on any atom is -0.207 e. The molecule has 0 spiro atoms. The van der Waals surface area contributed by atoms with Gasteiger partial charge < -0.3 is 0 Å². The molecule has 0 heterocycles. The summed E-state index contributed by atoms with van der Waals surface area (Å²) in [6, 6.07) is 12.3. The molecule has 0 aliphatic heterocycles. The van der Waals surface area contributed by atoms with Crippen LogP contribution in [0.25, 0.3) is 5.57 Å². The van der Waals surface area contributed by atoms with E-state index in [4.69, 9.17) is 0 Å². The van der Waals surface area contributed by atoms with Crippen molar-refractivity contribution in [3.8, 4) is 0 Å². The first-order valence-electron chi connectivity index (χ1n) is 8.98. The lowest BCUT2D eigenvalue weighted by Gasteiger charge is -2.07. The van der Waals surface area contributed by atoms with Gasteiger partial charge in [-0.1, -0.05) is 63.3 Å². The molecule has 0 radical (unpaired) electrons. The SMILES string of the molecule is CC.CCc1ccc(C2=CCCC=C2)cc1.Cc1cc(F)ccc1F. The highest BCUT2D eigenvalue weighted by Crippen LogP contribution is 2.21. The second-order valence-electron chi connectivity index (χ2n) is 5.58. The van der Waals surface area contributed by atoms with Crippen LogP contribution in [0.2, 0.25) is 0 Å². The molecule has 0 N–H and O–H groups in total. The van der Waals surface area contributed by atoms with Crippen molar-refractivity contribution in [3.05, 3.63) is 89.0 Å². The lowest BCUT2D eigenvalue weighted by atomic mass is 9.98. The van der Waals surface area contributed by atoms with Crippen LogP contribution in [-0.2, 0) is 6.42 Å². The van der Waals surface area contributed by atoms with Crippen molar-refractivity contribution in [2.75, 3.05) is 0 Å². The first kappa shape index (κ1) is 20.8. The van der Waals surface area contributed by atoms with E-state index in [1.165, 1.54) is 36.5 Å². The van der Waals surface area contributed by atoms with Gasteiger partial charge in [0.25, 0.3) is 0 Å². The third kappa shape index (κ3) is 7.04. The molecule has 2 aromatic carbocycles. The lowest BCUT2D eigenvalue weighted by Crippen LogP contribution is -1.86. The summed E-state index contributed by atoms with van der Waals surface area (Å²) < 4.78 is 24.5. The van der Waals surface area contributed by atoms with Crippen molar-refractivity contribution in [2.24, 2.45) is 0 Å². The summed E-state index contributed by atoms with van der Waals surface area (Å²) >= 11 is 0. The standard InChI is InChI=1S/C14H16.C7H6F2.C2H6/c1-2-12-8-10-14(11-9-12)13-6-4-3-5-7-13;1-5-4-6(8)2-3-7(5)9;1-2/h4,6-11H,2-3,5H2,1H3;2-4H,1H3;1-2H3. The molecule has 0 amide bonds. The minimum absolute atomic E-state index is 0.343. The number of halogens is 2. The van der Waals surface area contributed by atoms with Gasteiger partial charge in [0.1, 0.15) is 11.6 Å². The lowest BCUT2D eigenvalue weighted by molar-refractivity contribution is 0.592. The topological polar surface area (TPSA) is 0 Å². The summed E-state index contributed by atoms with van der Waals surface area (Å²) in [4.78, 5) is 0. The van der Waals surface area contributed by atoms with Gasteiger partial charge in [-0.25, -0.2) is 8.78 Å². The van der Waals surface area contributed by atoms with E-state index in [0.29, 0.717) is 5.56 Å². The van der Waals surface area contributed by atoms with Crippen LogP contribution in [-0.4, -0.2) is 0 Å². The zero-order valence-corrected chi connectivity index (χ0v) is 15.7. The molecule has 0 atom stereocenters. The summed E-state index contributed by atoms with van der Waals surface area (Å²) in [5.74, 6) is -0.759. The van der Waals surface area contributed by atoms with E-state index in [0.717, 1.165) is 24.6 Å². The second-order valence-corrected chi connectivity index (χ2v) is 5.58. The summed E-state index contributed by atoms with van der Waals surface area (Å²) in [5, 5.41) is 0. The average molecular weight is 342 g/mol. The summed E-state index contributed by atoms with van der Waals surface area (Å²) in [5.41, 5.74) is 4.47. The molecule has 2 heteroatoms. The van der Waals surface area contributed by atoms with Gasteiger partial charge in [-0.15, -0.1) is 0 Å². The van der Waals surface area contributed by atoms with Crippen molar-refractivity contribution in [1.29, 1.82) is 0 Å². The van der Waals surface area contributed by atoms with Crippen molar-refractivity contribution in [3.63, 3.8) is 0 Å². The molecule has 0 fully saturated rings. The molecule has 0 saturated heterocycles. The highest BCUT2D eigenvalue weighted by molar-refractivity contribution is 5.74. The van der Waals surface area contributed by atoms with Crippen LogP contribution in [0.15, 0.2) is 60.7 Å². The molecular formula is C23H28F2. The number of allylic oxidation sites excluding steroid dienone is 4. The van der Waals surface area contributed by atoms with E-state index in [1.54, 1.807) is 0 Å². The molecular weight excluding hydrogens is 314 g/mol. The van der Waals surface area contributed by atoms with Gasteiger partial charge in [0.2, 0.25) is 0 Å². The number of benzene rings is 2. The first-order valence-corrected chi connectivity index (χ1v) is 8.98. The van der Waals surface area contributed by atoms with E-state index in [-0.39, 0.29) is 5.82 Å². The van der Waals surface area contributed by atoms with E-state index in [1.807, 2.05) is 13.8 Å². The van der Waals surface area contributed by atoms with Crippen LogP contribution in [0.1, 0.15) is 50.3 Å². The minimum atomic E-state index is -0.395. The van der Waals surface area contributed by atoms with Crippen molar-refractivity contribution < 1.29 is 8.78 Å². The molecule has 0 bridgehead atoms. The van der Waals surface area contributed by atoms with E-state index >= 15 is 0 Å². The van der Waals surface area contributed by atoms with Gasteiger partial charge >= 0.3 is 0 Å². The van der Waals surface area contributed by atoms with Gasteiger partial charge in [0.05, 0.1) is 0 Å². The maximum atomic E-state index is 12.3. The monoisotopic (exact) mass is 342 g/mol. The Morgan fingerprint density at radius 2 is 1.60 bits per heavy atom. The number of rotatable bonds is 2. The molecule has 25 heavy (non-hydrogen) atoms. The van der Waals surface area contributed by atoms with Crippen molar-refractivity contribution >= 4 is 5.57 Å². The Balaban J connectivity index is 0.000000246. The smallest absolute Gasteiger partial charge is 0.126 e. The molecule has 134 valence electrons. The van der Waals surface area contributed by atoms with Crippen molar-refractivity contribution in [2.45, 2.75) is 47.0 Å². The Bertz CT molecular complexity index is 695.